The third-order valence-corrected chi connectivity index (χ3v) is 5.36. The Hall–Kier alpha value is -2.17. The van der Waals surface area contributed by atoms with E-state index in [1.165, 1.54) is 16.0 Å². The number of amides is 1. The first-order chi connectivity index (χ1) is 12.5. The van der Waals surface area contributed by atoms with Crippen LogP contribution >= 0.6 is 0 Å². The normalized spacial score (nSPS) is 20.0. The molecule has 1 aliphatic heterocycles. The van der Waals surface area contributed by atoms with Crippen molar-refractivity contribution < 1.29 is 14.6 Å². The molecular formula is C22H31N3O+2. The molecule has 2 aromatic carbocycles. The van der Waals surface area contributed by atoms with Crippen molar-refractivity contribution in [1.29, 1.82) is 0 Å². The number of aryl methyl sites for hydroxylation is 3. The maximum absolute atomic E-state index is 12.5. The maximum atomic E-state index is 12.5. The van der Waals surface area contributed by atoms with E-state index < -0.39 is 0 Å². The summed E-state index contributed by atoms with van der Waals surface area (Å²) in [7, 11) is 0. The molecule has 0 spiro atoms. The Morgan fingerprint density at radius 1 is 0.923 bits per heavy atom. The summed E-state index contributed by atoms with van der Waals surface area (Å²) in [6, 6.07) is 14.9. The predicted molar refractivity (Wildman–Crippen MR) is 106 cm³/mol. The number of carbonyl (C=O) groups excluding carboxylic acids is 1. The molecule has 4 nitrogen and oxygen atoms in total. The number of hydrogen-bond acceptors (Lipinski definition) is 1. The molecule has 138 valence electrons. The molecule has 0 saturated carbocycles. The Bertz CT molecular complexity index is 743. The van der Waals surface area contributed by atoms with Crippen molar-refractivity contribution >= 4 is 11.6 Å². The number of benzene rings is 2. The predicted octanol–water partition coefficient (Wildman–Crippen LogP) is 0.534. The van der Waals surface area contributed by atoms with Gasteiger partial charge >= 0.3 is 0 Å². The lowest BCUT2D eigenvalue weighted by molar-refractivity contribution is -1.02. The molecule has 0 bridgehead atoms. The number of quaternary nitrogens is 2. The SMILES string of the molecule is Cc1cccc(C[NH+]2CC[NH+](CC(=O)Nc3c(C)cccc3C)CC2)c1. The van der Waals surface area contributed by atoms with Crippen LogP contribution < -0.4 is 15.1 Å². The van der Waals surface area contributed by atoms with Crippen molar-refractivity contribution in [3.05, 3.63) is 64.7 Å². The zero-order valence-corrected chi connectivity index (χ0v) is 16.2. The first kappa shape index (κ1) is 18.6. The maximum Gasteiger partial charge on any atom is 0.279 e. The molecule has 1 heterocycles. The second-order valence-corrected chi connectivity index (χ2v) is 7.66. The molecule has 0 aliphatic carbocycles. The van der Waals surface area contributed by atoms with E-state index >= 15 is 0 Å². The number of para-hydroxylation sites is 1. The topological polar surface area (TPSA) is 38.0 Å². The Morgan fingerprint density at radius 2 is 1.54 bits per heavy atom. The van der Waals surface area contributed by atoms with Crippen LogP contribution in [0.15, 0.2) is 42.5 Å². The molecule has 4 heteroatoms. The molecule has 0 radical (unpaired) electrons. The highest BCUT2D eigenvalue weighted by Gasteiger charge is 2.25. The van der Waals surface area contributed by atoms with E-state index in [-0.39, 0.29) is 5.91 Å². The lowest BCUT2D eigenvalue weighted by Crippen LogP contribution is -3.28. The third kappa shape index (κ3) is 4.93. The Balaban J connectivity index is 1.47. The van der Waals surface area contributed by atoms with Crippen LogP contribution in [0.3, 0.4) is 0 Å². The van der Waals surface area contributed by atoms with Gasteiger partial charge in [0, 0.05) is 11.3 Å². The van der Waals surface area contributed by atoms with Crippen LogP contribution in [-0.4, -0.2) is 38.6 Å². The van der Waals surface area contributed by atoms with Gasteiger partial charge in [-0.3, -0.25) is 4.79 Å². The Kier molecular flexibility index (Phi) is 6.07. The second-order valence-electron chi connectivity index (χ2n) is 7.66. The lowest BCUT2D eigenvalue weighted by Gasteiger charge is -2.29. The van der Waals surface area contributed by atoms with E-state index in [0.717, 1.165) is 49.5 Å². The molecule has 1 amide bonds. The number of carbonyl (C=O) groups is 1. The zero-order valence-electron chi connectivity index (χ0n) is 16.2. The van der Waals surface area contributed by atoms with Gasteiger partial charge in [-0.2, -0.15) is 0 Å². The minimum Gasteiger partial charge on any atom is -0.322 e. The Labute approximate surface area is 156 Å². The second kappa shape index (κ2) is 8.47. The van der Waals surface area contributed by atoms with Crippen molar-refractivity contribution in [2.24, 2.45) is 0 Å². The van der Waals surface area contributed by atoms with E-state index in [1.54, 1.807) is 4.90 Å². The van der Waals surface area contributed by atoms with Gasteiger partial charge in [0.05, 0.1) is 0 Å². The van der Waals surface area contributed by atoms with Crippen LogP contribution in [0.25, 0.3) is 0 Å². The van der Waals surface area contributed by atoms with Crippen molar-refractivity contribution in [2.75, 3.05) is 38.0 Å². The summed E-state index contributed by atoms with van der Waals surface area (Å²) in [5.74, 6) is 0.125. The molecule has 0 atom stereocenters. The summed E-state index contributed by atoms with van der Waals surface area (Å²) >= 11 is 0. The third-order valence-electron chi connectivity index (χ3n) is 5.36. The lowest BCUT2D eigenvalue weighted by atomic mass is 10.1. The molecule has 26 heavy (non-hydrogen) atoms. The first-order valence-electron chi connectivity index (χ1n) is 9.60. The van der Waals surface area contributed by atoms with Crippen LogP contribution in [0.4, 0.5) is 5.69 Å². The van der Waals surface area contributed by atoms with Crippen molar-refractivity contribution in [1.82, 2.24) is 0 Å². The standard InChI is InChI=1S/C22H29N3O/c1-17-6-4-9-20(14-17)15-24-10-12-25(13-11-24)16-21(26)23-22-18(2)7-5-8-19(22)3/h4-9,14H,10-13,15-16H2,1-3H3,(H,23,26)/p+2. The molecule has 3 rings (SSSR count). The number of piperazine rings is 1. The smallest absolute Gasteiger partial charge is 0.279 e. The summed E-state index contributed by atoms with van der Waals surface area (Å²) in [6.45, 7) is 12.2. The first-order valence-corrected chi connectivity index (χ1v) is 9.60. The summed E-state index contributed by atoms with van der Waals surface area (Å²) in [6.07, 6.45) is 0. The van der Waals surface area contributed by atoms with Crippen molar-refractivity contribution in [3.63, 3.8) is 0 Å². The average Bonchev–Trinajstić information content (AvgIpc) is 2.60. The monoisotopic (exact) mass is 353 g/mol. The highest BCUT2D eigenvalue weighted by molar-refractivity contribution is 5.93. The van der Waals surface area contributed by atoms with E-state index in [2.05, 4.69) is 36.5 Å². The van der Waals surface area contributed by atoms with Crippen LogP contribution in [0.5, 0.6) is 0 Å². The van der Waals surface area contributed by atoms with Gasteiger partial charge < -0.3 is 15.1 Å². The van der Waals surface area contributed by atoms with E-state index in [9.17, 15) is 4.79 Å². The van der Waals surface area contributed by atoms with Crippen LogP contribution in [-0.2, 0) is 11.3 Å². The highest BCUT2D eigenvalue weighted by Crippen LogP contribution is 2.18. The minimum absolute atomic E-state index is 0.125. The summed E-state index contributed by atoms with van der Waals surface area (Å²) in [5, 5.41) is 3.12. The largest absolute Gasteiger partial charge is 0.322 e. The molecule has 0 aromatic heterocycles. The van der Waals surface area contributed by atoms with Gasteiger partial charge in [0.2, 0.25) is 0 Å². The fourth-order valence-electron chi connectivity index (χ4n) is 3.84. The van der Waals surface area contributed by atoms with Gasteiger partial charge in [-0.05, 0) is 31.9 Å². The van der Waals surface area contributed by atoms with Gasteiger partial charge in [-0.25, -0.2) is 0 Å². The molecule has 0 unspecified atom stereocenters. The average molecular weight is 354 g/mol. The van der Waals surface area contributed by atoms with Gasteiger partial charge in [0.15, 0.2) is 6.54 Å². The van der Waals surface area contributed by atoms with Gasteiger partial charge in [-0.1, -0.05) is 48.0 Å². The molecule has 2 aromatic rings. The zero-order chi connectivity index (χ0) is 18.5. The molecule has 1 saturated heterocycles. The van der Waals surface area contributed by atoms with Crippen LogP contribution in [0.2, 0.25) is 0 Å². The molecule has 1 aliphatic rings. The highest BCUT2D eigenvalue weighted by atomic mass is 16.2. The number of anilines is 1. The quantitative estimate of drug-likeness (QED) is 0.721. The summed E-state index contributed by atoms with van der Waals surface area (Å²) in [4.78, 5) is 15.5. The van der Waals surface area contributed by atoms with E-state index in [0.29, 0.717) is 6.54 Å². The van der Waals surface area contributed by atoms with Gasteiger partial charge in [0.25, 0.3) is 5.91 Å². The molecular weight excluding hydrogens is 322 g/mol. The Morgan fingerprint density at radius 3 is 2.19 bits per heavy atom. The number of rotatable bonds is 5. The van der Waals surface area contributed by atoms with Crippen LogP contribution in [0, 0.1) is 20.8 Å². The van der Waals surface area contributed by atoms with Crippen molar-refractivity contribution in [2.45, 2.75) is 27.3 Å². The van der Waals surface area contributed by atoms with Crippen molar-refractivity contribution in [3.8, 4) is 0 Å². The minimum atomic E-state index is 0.125. The van der Waals surface area contributed by atoms with Gasteiger partial charge in [-0.15, -0.1) is 0 Å². The number of hydrogen-bond donors (Lipinski definition) is 3. The summed E-state index contributed by atoms with van der Waals surface area (Å²) in [5.41, 5.74) is 5.97. The van der Waals surface area contributed by atoms with E-state index in [1.807, 2.05) is 32.0 Å². The van der Waals surface area contributed by atoms with Crippen LogP contribution in [0.1, 0.15) is 22.3 Å². The fraction of sp³-hybridized carbons (Fsp3) is 0.409. The summed E-state index contributed by atoms with van der Waals surface area (Å²) < 4.78 is 0. The number of nitrogens with one attached hydrogen (secondary N) is 3. The molecule has 1 fully saturated rings. The fourth-order valence-corrected chi connectivity index (χ4v) is 3.84. The van der Waals surface area contributed by atoms with E-state index in [4.69, 9.17) is 0 Å². The molecule has 3 N–H and O–H groups in total. The van der Waals surface area contributed by atoms with Gasteiger partial charge in [0.1, 0.15) is 32.7 Å².